The van der Waals surface area contributed by atoms with E-state index in [2.05, 4.69) is 11.3 Å². The van der Waals surface area contributed by atoms with E-state index in [1.165, 1.54) is 0 Å². The van der Waals surface area contributed by atoms with Crippen LogP contribution in [0.5, 0.6) is 0 Å². The van der Waals surface area contributed by atoms with Crippen molar-refractivity contribution in [3.8, 4) is 0 Å². The van der Waals surface area contributed by atoms with E-state index >= 15 is 0 Å². The van der Waals surface area contributed by atoms with Crippen molar-refractivity contribution >= 4 is 5.97 Å². The van der Waals surface area contributed by atoms with Crippen molar-refractivity contribution in [3.05, 3.63) is 12.2 Å². The predicted molar refractivity (Wildman–Crippen MR) is 71.8 cm³/mol. The summed E-state index contributed by atoms with van der Waals surface area (Å²) in [6.45, 7) is 1.33. The van der Waals surface area contributed by atoms with E-state index in [-0.39, 0.29) is 5.57 Å². The molecule has 3 nitrogen and oxygen atoms in total. The normalized spacial score (nSPS) is 17.5. The first-order chi connectivity index (χ1) is 12.5. The lowest BCUT2D eigenvalue weighted by atomic mass is 9.86. The van der Waals surface area contributed by atoms with Gasteiger partial charge in [0.25, 0.3) is 5.67 Å². The smallest absolute Gasteiger partial charge is 0.428 e. The fourth-order valence-electron chi connectivity index (χ4n) is 1.68. The van der Waals surface area contributed by atoms with Crippen LogP contribution >= 0.6 is 0 Å². The summed E-state index contributed by atoms with van der Waals surface area (Å²) < 4.78 is 162. The summed E-state index contributed by atoms with van der Waals surface area (Å²) in [5, 5.41) is 9.13. The lowest BCUT2D eigenvalue weighted by Crippen LogP contribution is -2.70. The van der Waals surface area contributed by atoms with Crippen molar-refractivity contribution in [2.75, 3.05) is 6.61 Å². The number of carbonyl (C=O) groups excluding carboxylic acids is 1. The number of hydrogen-bond acceptors (Lipinski definition) is 3. The van der Waals surface area contributed by atoms with Gasteiger partial charge in [-0.1, -0.05) is 6.58 Å². The molecule has 0 saturated carbocycles. The second kappa shape index (κ2) is 7.87. The average Bonchev–Trinajstić information content (AvgIpc) is 2.49. The van der Waals surface area contributed by atoms with E-state index in [9.17, 15) is 57.5 Å². The van der Waals surface area contributed by atoms with Crippen molar-refractivity contribution in [1.29, 1.82) is 0 Å². The Labute approximate surface area is 155 Å². The van der Waals surface area contributed by atoms with E-state index in [0.29, 0.717) is 0 Å². The minimum absolute atomic E-state index is 0.352. The number of aliphatic hydroxyl groups is 1. The van der Waals surface area contributed by atoms with Crippen LogP contribution in [-0.2, 0) is 9.53 Å². The number of alkyl halides is 12. The largest absolute Gasteiger partial charge is 0.460 e. The standard InChI is InChI=1S/C14H14F12O3/c1-6(2)8(28)29-5-7(27)4-10(16,17)12(20,21)13(22,23)11(18,19)9(3,15)14(24,25)26/h7,27H,1,4-5H2,2-3H3. The molecular weight excluding hydrogens is 444 g/mol. The van der Waals surface area contributed by atoms with Crippen LogP contribution in [0.2, 0.25) is 0 Å². The maximum Gasteiger partial charge on any atom is 0.428 e. The second-order valence-electron chi connectivity index (χ2n) is 6.17. The summed E-state index contributed by atoms with van der Waals surface area (Å²) in [6, 6.07) is 0. The van der Waals surface area contributed by atoms with Gasteiger partial charge in [0.2, 0.25) is 0 Å². The molecule has 172 valence electrons. The molecule has 0 radical (unpaired) electrons. The Morgan fingerprint density at radius 3 is 1.66 bits per heavy atom. The first-order valence-corrected chi connectivity index (χ1v) is 7.25. The van der Waals surface area contributed by atoms with E-state index < -0.39 is 67.6 Å². The number of hydrogen-bond donors (Lipinski definition) is 1. The topological polar surface area (TPSA) is 46.5 Å². The first kappa shape index (κ1) is 27.3. The van der Waals surface area contributed by atoms with Gasteiger partial charge >= 0.3 is 35.8 Å². The Balaban J connectivity index is 5.81. The van der Waals surface area contributed by atoms with Gasteiger partial charge in [-0.25, -0.2) is 9.18 Å². The van der Waals surface area contributed by atoms with Crippen LogP contribution in [0, 0.1) is 0 Å². The van der Waals surface area contributed by atoms with Gasteiger partial charge in [0, 0.05) is 12.0 Å². The molecule has 2 unspecified atom stereocenters. The summed E-state index contributed by atoms with van der Waals surface area (Å²) >= 11 is 0. The Bertz CT molecular complexity index is 624. The van der Waals surface area contributed by atoms with Crippen LogP contribution in [0.1, 0.15) is 20.3 Å². The summed E-state index contributed by atoms with van der Waals surface area (Å²) in [5.74, 6) is -29.8. The fraction of sp³-hybridized carbons (Fsp3) is 0.786. The Morgan fingerprint density at radius 1 is 0.897 bits per heavy atom. The molecular formula is C14H14F12O3. The molecule has 0 aromatic heterocycles. The van der Waals surface area contributed by atoms with Gasteiger partial charge in [0.15, 0.2) is 0 Å². The van der Waals surface area contributed by atoms with E-state index in [4.69, 9.17) is 5.11 Å². The van der Waals surface area contributed by atoms with Crippen LogP contribution in [-0.4, -0.2) is 59.3 Å². The van der Waals surface area contributed by atoms with Crippen LogP contribution in [0.15, 0.2) is 12.2 Å². The third-order valence-corrected chi connectivity index (χ3v) is 3.62. The molecule has 0 bridgehead atoms. The van der Waals surface area contributed by atoms with Crippen LogP contribution in [0.3, 0.4) is 0 Å². The lowest BCUT2D eigenvalue weighted by molar-refractivity contribution is -0.413. The number of halogens is 12. The molecule has 1 N–H and O–H groups in total. The number of rotatable bonds is 9. The molecule has 0 aromatic carbocycles. The molecule has 0 aromatic rings. The zero-order chi connectivity index (χ0) is 23.9. The molecule has 0 aliphatic rings. The molecule has 0 heterocycles. The highest BCUT2D eigenvalue weighted by Crippen LogP contribution is 2.60. The predicted octanol–water partition coefficient (Wildman–Crippen LogP) is 4.69. The average molecular weight is 458 g/mol. The SMILES string of the molecule is C=C(C)C(=O)OCC(O)CC(F)(F)C(F)(F)C(F)(F)C(F)(F)C(C)(F)C(F)(F)F. The second-order valence-corrected chi connectivity index (χ2v) is 6.17. The van der Waals surface area contributed by atoms with Gasteiger partial charge in [0.1, 0.15) is 6.61 Å². The van der Waals surface area contributed by atoms with Crippen molar-refractivity contribution in [2.24, 2.45) is 0 Å². The molecule has 0 amide bonds. The van der Waals surface area contributed by atoms with Crippen LogP contribution < -0.4 is 0 Å². The molecule has 0 rings (SSSR count). The molecule has 0 aliphatic carbocycles. The fourth-order valence-corrected chi connectivity index (χ4v) is 1.68. The first-order valence-electron chi connectivity index (χ1n) is 7.25. The van der Waals surface area contributed by atoms with Crippen LogP contribution in [0.25, 0.3) is 0 Å². The minimum Gasteiger partial charge on any atom is -0.460 e. The number of ether oxygens (including phenoxy) is 1. The Morgan fingerprint density at radius 2 is 1.31 bits per heavy atom. The third-order valence-electron chi connectivity index (χ3n) is 3.62. The zero-order valence-corrected chi connectivity index (χ0v) is 14.5. The van der Waals surface area contributed by atoms with Gasteiger partial charge in [-0.15, -0.1) is 0 Å². The van der Waals surface area contributed by atoms with Crippen molar-refractivity contribution in [2.45, 2.75) is 61.9 Å². The number of carbonyl (C=O) groups is 1. The highest BCUT2D eigenvalue weighted by atomic mass is 19.4. The van der Waals surface area contributed by atoms with Gasteiger partial charge in [0.05, 0.1) is 6.10 Å². The highest BCUT2D eigenvalue weighted by molar-refractivity contribution is 5.86. The number of aliphatic hydroxyl groups excluding tert-OH is 1. The van der Waals surface area contributed by atoms with Gasteiger partial charge in [-0.2, -0.15) is 48.3 Å². The van der Waals surface area contributed by atoms with Crippen molar-refractivity contribution in [3.63, 3.8) is 0 Å². The highest BCUT2D eigenvalue weighted by Gasteiger charge is 2.88. The summed E-state index contributed by atoms with van der Waals surface area (Å²) in [6.07, 6.45) is -12.4. The maximum atomic E-state index is 13.6. The molecule has 0 saturated heterocycles. The quantitative estimate of drug-likeness (QED) is 0.310. The van der Waals surface area contributed by atoms with Gasteiger partial charge in [-0.05, 0) is 13.8 Å². The Kier molecular flexibility index (Phi) is 7.42. The maximum absolute atomic E-state index is 13.6. The van der Waals surface area contributed by atoms with Crippen molar-refractivity contribution in [1.82, 2.24) is 0 Å². The molecule has 0 fully saturated rings. The monoisotopic (exact) mass is 458 g/mol. The van der Waals surface area contributed by atoms with E-state index in [1.54, 1.807) is 0 Å². The Hall–Kier alpha value is -1.67. The van der Waals surface area contributed by atoms with Crippen molar-refractivity contribution < 1.29 is 67.3 Å². The zero-order valence-electron chi connectivity index (χ0n) is 14.5. The lowest BCUT2D eigenvalue weighted by Gasteiger charge is -2.41. The van der Waals surface area contributed by atoms with E-state index in [1.807, 2.05) is 0 Å². The van der Waals surface area contributed by atoms with Crippen LogP contribution in [0.4, 0.5) is 52.7 Å². The summed E-state index contributed by atoms with van der Waals surface area (Å²) in [7, 11) is 0. The molecule has 0 aliphatic heterocycles. The molecule has 2 atom stereocenters. The van der Waals surface area contributed by atoms with Gasteiger partial charge in [-0.3, -0.25) is 0 Å². The molecule has 15 heteroatoms. The molecule has 0 spiro atoms. The minimum atomic E-state index is -7.56. The van der Waals surface area contributed by atoms with E-state index in [0.717, 1.165) is 6.92 Å². The number of esters is 1. The van der Waals surface area contributed by atoms with Gasteiger partial charge < -0.3 is 9.84 Å². The third kappa shape index (κ3) is 4.74. The molecule has 29 heavy (non-hydrogen) atoms. The summed E-state index contributed by atoms with van der Waals surface area (Å²) in [5.41, 5.74) is -6.67. The summed E-state index contributed by atoms with van der Waals surface area (Å²) in [4.78, 5) is 11.0.